The molecule has 2 atom stereocenters. The number of nitrogens with zero attached hydrogens (tertiary/aromatic N) is 4. The van der Waals surface area contributed by atoms with E-state index < -0.39 is 11.9 Å². The third-order valence-electron chi connectivity index (χ3n) is 6.82. The number of rotatable bonds is 7. The van der Waals surface area contributed by atoms with Crippen LogP contribution in [0.3, 0.4) is 0 Å². The Morgan fingerprint density at radius 1 is 1.16 bits per heavy atom. The predicted molar refractivity (Wildman–Crippen MR) is 142 cm³/mol. The summed E-state index contributed by atoms with van der Waals surface area (Å²) in [6.07, 6.45) is 3.70. The zero-order valence-electron chi connectivity index (χ0n) is 21.5. The monoisotopic (exact) mass is 514 g/mol. The van der Waals surface area contributed by atoms with Crippen molar-refractivity contribution in [2.75, 3.05) is 13.2 Å². The van der Waals surface area contributed by atoms with Gasteiger partial charge < -0.3 is 14.0 Å². The number of benzene rings is 1. The van der Waals surface area contributed by atoms with E-state index in [0.29, 0.717) is 24.3 Å². The van der Waals surface area contributed by atoms with Crippen molar-refractivity contribution in [1.82, 2.24) is 14.0 Å². The molecule has 0 radical (unpaired) electrons. The van der Waals surface area contributed by atoms with Crippen molar-refractivity contribution in [3.63, 3.8) is 0 Å². The van der Waals surface area contributed by atoms with Crippen LogP contribution in [-0.2, 0) is 20.8 Å². The van der Waals surface area contributed by atoms with Crippen LogP contribution in [0.4, 0.5) is 0 Å². The van der Waals surface area contributed by atoms with Crippen molar-refractivity contribution in [2.45, 2.75) is 51.7 Å². The van der Waals surface area contributed by atoms with Crippen molar-refractivity contribution < 1.29 is 19.1 Å². The molecule has 3 aromatic heterocycles. The van der Waals surface area contributed by atoms with Crippen molar-refractivity contribution in [2.24, 2.45) is 4.99 Å². The van der Waals surface area contributed by atoms with Crippen LogP contribution in [0.5, 0.6) is 0 Å². The molecule has 1 fully saturated rings. The molecule has 1 amide bonds. The van der Waals surface area contributed by atoms with Crippen molar-refractivity contribution in [3.05, 3.63) is 87.8 Å². The average molecular weight is 515 g/mol. The van der Waals surface area contributed by atoms with E-state index in [0.717, 1.165) is 18.4 Å². The average Bonchev–Trinajstić information content (AvgIpc) is 3.45. The molecule has 196 valence electrons. The lowest BCUT2D eigenvalue weighted by Gasteiger charge is -2.18. The Hall–Kier alpha value is -4.11. The van der Waals surface area contributed by atoms with E-state index in [4.69, 9.17) is 14.5 Å². The highest BCUT2D eigenvalue weighted by atomic mass is 16.5. The number of carbonyl (C=O) groups is 2. The topological polar surface area (TPSA) is 104 Å². The third kappa shape index (κ3) is 4.89. The zero-order valence-corrected chi connectivity index (χ0v) is 21.5. The molecule has 38 heavy (non-hydrogen) atoms. The van der Waals surface area contributed by atoms with Crippen LogP contribution in [0.1, 0.15) is 54.9 Å². The molecule has 0 N–H and O–H groups in total. The first-order valence-corrected chi connectivity index (χ1v) is 13.0. The number of amides is 1. The molecule has 1 aliphatic rings. The molecular formula is C29H30N4O5. The molecule has 9 nitrogen and oxygen atoms in total. The second kappa shape index (κ2) is 11.1. The highest BCUT2D eigenvalue weighted by Gasteiger charge is 2.25. The van der Waals surface area contributed by atoms with Gasteiger partial charge in [-0.3, -0.25) is 14.0 Å². The van der Waals surface area contributed by atoms with Crippen LogP contribution in [0, 0.1) is 0 Å². The number of pyridine rings is 2. The normalized spacial score (nSPS) is 16.7. The lowest BCUT2D eigenvalue weighted by molar-refractivity contribution is -0.119. The van der Waals surface area contributed by atoms with E-state index in [1.165, 1.54) is 10.5 Å². The molecule has 5 rings (SSSR count). The number of ether oxygens (including phenoxy) is 2. The van der Waals surface area contributed by atoms with E-state index in [9.17, 15) is 14.4 Å². The molecule has 4 aromatic rings. The maximum Gasteiger partial charge on any atom is 0.341 e. The number of hydrogen-bond acceptors (Lipinski definition) is 6. The van der Waals surface area contributed by atoms with Gasteiger partial charge in [0.05, 0.1) is 30.6 Å². The number of carbonyl (C=O) groups excluding carboxylic acids is 2. The Balaban J connectivity index is 1.82. The van der Waals surface area contributed by atoms with Crippen LogP contribution >= 0.6 is 0 Å². The predicted octanol–water partition coefficient (Wildman–Crippen LogP) is 3.63. The fourth-order valence-corrected chi connectivity index (χ4v) is 4.94. The molecule has 1 aliphatic heterocycles. The van der Waals surface area contributed by atoms with Crippen LogP contribution in [-0.4, -0.2) is 45.1 Å². The van der Waals surface area contributed by atoms with Gasteiger partial charge in [0.1, 0.15) is 16.9 Å². The first-order valence-electron chi connectivity index (χ1n) is 13.0. The Labute approximate surface area is 219 Å². The molecule has 0 unspecified atom stereocenters. The van der Waals surface area contributed by atoms with Crippen LogP contribution in [0.25, 0.3) is 16.7 Å². The standard InChI is InChI=1S/C29H30N4O5/c1-3-21(19-11-6-5-7-12-19)27(34)31-26-23(29(36)37-4-2)17-22-25(33(26)18-20-13-10-16-38-20)30-24-14-8-9-15-32(24)28(22)35/h5-9,11-12,14-15,17,20-21H,3-4,10,13,16,18H2,1-2H3/t20-,21-/m1/s1. The molecule has 0 aliphatic carbocycles. The lowest BCUT2D eigenvalue weighted by atomic mass is 9.96. The minimum Gasteiger partial charge on any atom is -0.462 e. The summed E-state index contributed by atoms with van der Waals surface area (Å²) in [7, 11) is 0. The molecule has 4 heterocycles. The number of aromatic nitrogens is 3. The maximum absolute atomic E-state index is 13.6. The van der Waals surface area contributed by atoms with Gasteiger partial charge in [-0.05, 0) is 49.9 Å². The fraction of sp³-hybridized carbons (Fsp3) is 0.345. The first kappa shape index (κ1) is 25.5. The van der Waals surface area contributed by atoms with Crippen LogP contribution < -0.4 is 11.0 Å². The van der Waals surface area contributed by atoms with E-state index in [2.05, 4.69) is 4.99 Å². The second-order valence-electron chi connectivity index (χ2n) is 9.25. The van der Waals surface area contributed by atoms with Crippen molar-refractivity contribution in [3.8, 4) is 0 Å². The third-order valence-corrected chi connectivity index (χ3v) is 6.82. The Morgan fingerprint density at radius 2 is 1.95 bits per heavy atom. The van der Waals surface area contributed by atoms with Gasteiger partial charge in [-0.2, -0.15) is 4.99 Å². The van der Waals surface area contributed by atoms with Gasteiger partial charge in [0.15, 0.2) is 5.49 Å². The Bertz CT molecular complexity index is 1620. The van der Waals surface area contributed by atoms with Crippen LogP contribution in [0.15, 0.2) is 70.6 Å². The Morgan fingerprint density at radius 3 is 2.66 bits per heavy atom. The summed E-state index contributed by atoms with van der Waals surface area (Å²) >= 11 is 0. The summed E-state index contributed by atoms with van der Waals surface area (Å²) < 4.78 is 14.3. The quantitative estimate of drug-likeness (QED) is 0.276. The van der Waals surface area contributed by atoms with E-state index in [1.807, 2.05) is 37.3 Å². The highest BCUT2D eigenvalue weighted by molar-refractivity contribution is 5.94. The van der Waals surface area contributed by atoms with Gasteiger partial charge in [0.2, 0.25) is 0 Å². The highest BCUT2D eigenvalue weighted by Crippen LogP contribution is 2.21. The summed E-state index contributed by atoms with van der Waals surface area (Å²) in [5.41, 5.74) is 1.47. The lowest BCUT2D eigenvalue weighted by Crippen LogP contribution is -2.35. The van der Waals surface area contributed by atoms with Crippen molar-refractivity contribution >= 4 is 28.6 Å². The molecule has 0 bridgehead atoms. The minimum atomic E-state index is -0.660. The van der Waals surface area contributed by atoms with Crippen molar-refractivity contribution in [1.29, 1.82) is 0 Å². The summed E-state index contributed by atoms with van der Waals surface area (Å²) in [4.78, 5) is 49.6. The summed E-state index contributed by atoms with van der Waals surface area (Å²) in [5, 5.41) is 0.233. The fourth-order valence-electron chi connectivity index (χ4n) is 4.94. The minimum absolute atomic E-state index is 0.0448. The molecule has 9 heteroatoms. The Kier molecular flexibility index (Phi) is 7.46. The van der Waals surface area contributed by atoms with Gasteiger partial charge in [0, 0.05) is 12.8 Å². The second-order valence-corrected chi connectivity index (χ2v) is 9.25. The smallest absolute Gasteiger partial charge is 0.341 e. The number of fused-ring (bicyclic) bond motifs is 2. The summed E-state index contributed by atoms with van der Waals surface area (Å²) in [6, 6.07) is 16.2. The number of hydrogen-bond donors (Lipinski definition) is 0. The van der Waals surface area contributed by atoms with Gasteiger partial charge in [-0.25, -0.2) is 9.78 Å². The van der Waals surface area contributed by atoms with Crippen LogP contribution in [0.2, 0.25) is 0 Å². The molecule has 1 saturated heterocycles. The van der Waals surface area contributed by atoms with E-state index >= 15 is 0 Å². The molecule has 0 spiro atoms. The molecular weight excluding hydrogens is 484 g/mol. The van der Waals surface area contributed by atoms with E-state index in [-0.39, 0.29) is 47.2 Å². The van der Waals surface area contributed by atoms with Gasteiger partial charge in [0.25, 0.3) is 11.5 Å². The van der Waals surface area contributed by atoms with E-state index in [1.54, 1.807) is 35.9 Å². The van der Waals surface area contributed by atoms with Gasteiger partial charge in [-0.15, -0.1) is 0 Å². The maximum atomic E-state index is 13.6. The first-order chi connectivity index (χ1) is 18.5. The molecule has 0 saturated carbocycles. The SMILES string of the molecule is CCOC(=O)c1cc2c(=O)n3ccccc3nc2n(C[C@H]2CCCO2)c1=NC(=O)[C@H](CC)c1ccccc1. The largest absolute Gasteiger partial charge is 0.462 e. The number of esters is 1. The van der Waals surface area contributed by atoms with Gasteiger partial charge >= 0.3 is 5.97 Å². The molecule has 1 aromatic carbocycles. The zero-order chi connectivity index (χ0) is 26.6. The summed E-state index contributed by atoms with van der Waals surface area (Å²) in [5.74, 6) is -1.54. The summed E-state index contributed by atoms with van der Waals surface area (Å²) in [6.45, 7) is 4.66. The van der Waals surface area contributed by atoms with Gasteiger partial charge in [-0.1, -0.05) is 43.3 Å².